The fourth-order valence-corrected chi connectivity index (χ4v) is 2.43. The number of nitrogens with one attached hydrogen (secondary N) is 1. The maximum atomic E-state index is 10.2. The van der Waals surface area contributed by atoms with Gasteiger partial charge in [0, 0.05) is 26.7 Å². The molecule has 1 aromatic heterocycles. The molecule has 0 aliphatic rings. The lowest BCUT2D eigenvalue weighted by Crippen LogP contribution is -2.01. The average Bonchev–Trinajstić information content (AvgIpc) is 2.30. The van der Waals surface area contributed by atoms with E-state index >= 15 is 0 Å². The Balaban J connectivity index is 2.26. The largest absolute Gasteiger partial charge is 0.399 e. The maximum Gasteiger partial charge on any atom is 0.136 e. The van der Waals surface area contributed by atoms with Crippen LogP contribution in [0.5, 0.6) is 0 Å². The molecule has 1 unspecified atom stereocenters. The Labute approximate surface area is 101 Å². The molecule has 4 N–H and O–H groups in total. The molecular weight excluding hydrogens is 234 g/mol. The Morgan fingerprint density at radius 2 is 1.88 bits per heavy atom. The first-order valence-corrected chi connectivity index (χ1v) is 6.61. The molecule has 2 rings (SSSR count). The van der Waals surface area contributed by atoms with E-state index in [9.17, 15) is 4.55 Å². The number of nitrogen functional groups attached to an aromatic ring is 1. The Kier molecular flexibility index (Phi) is 3.06. The molecule has 2 aromatic rings. The van der Waals surface area contributed by atoms with Crippen LogP contribution >= 0.6 is 9.90 Å². The van der Waals surface area contributed by atoms with Gasteiger partial charge in [0.2, 0.25) is 0 Å². The first-order valence-electron chi connectivity index (χ1n) is 4.96. The summed E-state index contributed by atoms with van der Waals surface area (Å²) in [6.07, 6.45) is 1.63. The third-order valence-corrected chi connectivity index (χ3v) is 3.68. The molecule has 4 nitrogen and oxygen atoms in total. The van der Waals surface area contributed by atoms with Crippen LogP contribution in [0.15, 0.2) is 53.6 Å². The summed E-state index contributed by atoms with van der Waals surface area (Å²) in [6, 6.07) is 12.1. The first kappa shape index (κ1) is 11.5. The van der Waals surface area contributed by atoms with Crippen molar-refractivity contribution in [3.8, 4) is 5.69 Å². The summed E-state index contributed by atoms with van der Waals surface area (Å²) in [7, 11) is -2.60. The van der Waals surface area contributed by atoms with E-state index in [1.54, 1.807) is 42.6 Å². The lowest BCUT2D eigenvalue weighted by atomic mass is 10.3. The molecule has 0 bridgehead atoms. The number of nitrogens with two attached hydrogens (primary N) is 1. The highest BCUT2D eigenvalue weighted by Crippen LogP contribution is 2.37. The minimum atomic E-state index is -2.60. The van der Waals surface area contributed by atoms with Crippen LogP contribution in [0.2, 0.25) is 0 Å². The van der Waals surface area contributed by atoms with Crippen LogP contribution in [0.3, 0.4) is 0 Å². The molecule has 1 heterocycles. The minimum Gasteiger partial charge on any atom is -0.399 e. The molecule has 17 heavy (non-hydrogen) atoms. The third-order valence-electron chi connectivity index (χ3n) is 2.16. The van der Waals surface area contributed by atoms with Crippen LogP contribution in [0.4, 0.5) is 11.5 Å². The molecular formula is C12H13N3OS. The summed E-state index contributed by atoms with van der Waals surface area (Å²) in [4.78, 5) is 4.65. The van der Waals surface area contributed by atoms with Crippen molar-refractivity contribution in [1.82, 2.24) is 4.98 Å². The van der Waals surface area contributed by atoms with Gasteiger partial charge < -0.3 is 10.3 Å². The van der Waals surface area contributed by atoms with Gasteiger partial charge in [-0.25, -0.2) is 4.98 Å². The Morgan fingerprint density at radius 1 is 1.18 bits per heavy atom. The molecule has 1 aromatic carbocycles. The van der Waals surface area contributed by atoms with Crippen LogP contribution in [0, 0.1) is 5.69 Å². The van der Waals surface area contributed by atoms with Crippen molar-refractivity contribution < 1.29 is 4.55 Å². The van der Waals surface area contributed by atoms with E-state index in [0.29, 0.717) is 16.4 Å². The van der Waals surface area contributed by atoms with E-state index in [4.69, 9.17) is 11.4 Å². The molecule has 88 valence electrons. The number of aromatic nitrogens is 1. The number of pyridine rings is 1. The van der Waals surface area contributed by atoms with Gasteiger partial charge in [-0.3, -0.25) is 4.72 Å². The molecule has 0 saturated carbocycles. The zero-order valence-corrected chi connectivity index (χ0v) is 9.89. The van der Waals surface area contributed by atoms with Gasteiger partial charge in [-0.1, -0.05) is 11.8 Å². The van der Waals surface area contributed by atoms with Crippen molar-refractivity contribution in [2.75, 3.05) is 10.5 Å². The van der Waals surface area contributed by atoms with Gasteiger partial charge in [0.15, 0.2) is 0 Å². The standard InChI is InChI=1S/C12H13N3OS/c1-17(16,11-7-5-10(13)6-8-11)15-12-4-2-3-9-14-12/h1-9,16H,13H2,(H,14,15). The summed E-state index contributed by atoms with van der Waals surface area (Å²) in [5, 5.41) is 0. The molecule has 0 radical (unpaired) electrons. The van der Waals surface area contributed by atoms with Crippen LogP contribution in [-0.2, 0) is 0 Å². The van der Waals surface area contributed by atoms with E-state index < -0.39 is 9.90 Å². The second-order valence-corrected chi connectivity index (χ2v) is 5.44. The quantitative estimate of drug-likeness (QED) is 0.678. The van der Waals surface area contributed by atoms with Crippen molar-refractivity contribution in [1.29, 1.82) is 0 Å². The first-order chi connectivity index (χ1) is 8.08. The van der Waals surface area contributed by atoms with Gasteiger partial charge in [-0.15, -0.1) is 0 Å². The molecule has 1 atom stereocenters. The highest BCUT2D eigenvalue weighted by molar-refractivity contribution is 8.20. The summed E-state index contributed by atoms with van der Waals surface area (Å²) in [6.45, 7) is 0. The zero-order valence-electron chi connectivity index (χ0n) is 9.08. The number of rotatable bonds is 1. The lowest BCUT2D eigenvalue weighted by molar-refractivity contribution is 0.647. The van der Waals surface area contributed by atoms with Crippen LogP contribution in [0.1, 0.15) is 0 Å². The highest BCUT2D eigenvalue weighted by Gasteiger charge is 2.08. The summed E-state index contributed by atoms with van der Waals surface area (Å²) in [5.74, 6) is 0.532. The van der Waals surface area contributed by atoms with Crippen molar-refractivity contribution >= 4 is 21.4 Å². The van der Waals surface area contributed by atoms with E-state index in [1.165, 1.54) is 0 Å². The number of anilines is 2. The van der Waals surface area contributed by atoms with Gasteiger partial charge >= 0.3 is 0 Å². The molecule has 0 aliphatic heterocycles. The van der Waals surface area contributed by atoms with Crippen LogP contribution in [-0.4, -0.2) is 9.54 Å². The monoisotopic (exact) mass is 247 g/mol. The predicted octanol–water partition coefficient (Wildman–Crippen LogP) is 2.92. The summed E-state index contributed by atoms with van der Waals surface area (Å²) >= 11 is 0. The van der Waals surface area contributed by atoms with Crippen molar-refractivity contribution in [3.63, 3.8) is 0 Å². The third kappa shape index (κ3) is 2.79. The normalized spacial score (nSPS) is 13.9. The van der Waals surface area contributed by atoms with E-state index in [2.05, 4.69) is 9.71 Å². The molecule has 0 aliphatic carbocycles. The molecule has 0 fully saturated rings. The van der Waals surface area contributed by atoms with Crippen LogP contribution in [0.25, 0.3) is 0 Å². The SMILES string of the molecule is C#S(O)(Nc1ccccn1)c1ccc(N)cc1. The van der Waals surface area contributed by atoms with Crippen molar-refractivity contribution in [2.24, 2.45) is 0 Å². The second kappa shape index (κ2) is 4.51. The topological polar surface area (TPSA) is 71.2 Å². The van der Waals surface area contributed by atoms with Crippen molar-refractivity contribution in [2.45, 2.75) is 4.90 Å². The van der Waals surface area contributed by atoms with Gasteiger partial charge in [0.1, 0.15) is 5.82 Å². The van der Waals surface area contributed by atoms with Gasteiger partial charge in [-0.2, -0.15) is 0 Å². The maximum absolute atomic E-state index is 10.2. The number of nitrogens with zero attached hydrogens (tertiary/aromatic N) is 1. The van der Waals surface area contributed by atoms with Crippen LogP contribution < -0.4 is 10.5 Å². The lowest BCUT2D eigenvalue weighted by Gasteiger charge is -2.19. The van der Waals surface area contributed by atoms with Gasteiger partial charge in [0.25, 0.3) is 0 Å². The summed E-state index contributed by atoms with van der Waals surface area (Å²) in [5.41, 5.74) is 12.1. The van der Waals surface area contributed by atoms with E-state index in [0.717, 1.165) is 0 Å². The van der Waals surface area contributed by atoms with E-state index in [-0.39, 0.29) is 0 Å². The smallest absolute Gasteiger partial charge is 0.136 e. The molecule has 5 heteroatoms. The zero-order chi connectivity index (χ0) is 12.3. The summed E-state index contributed by atoms with van der Waals surface area (Å²) < 4.78 is 13.0. The highest BCUT2D eigenvalue weighted by atomic mass is 32.2. The molecule has 0 saturated heterocycles. The second-order valence-electron chi connectivity index (χ2n) is 3.51. The Bertz CT molecular complexity index is 598. The Hall–Kier alpha value is -1.94. The van der Waals surface area contributed by atoms with E-state index in [1.807, 2.05) is 6.07 Å². The fraction of sp³-hybridized carbons (Fsp3) is 0. The van der Waals surface area contributed by atoms with Gasteiger partial charge in [0.05, 0.1) is 0 Å². The van der Waals surface area contributed by atoms with Gasteiger partial charge in [-0.05, 0) is 36.4 Å². The number of hydrogen-bond acceptors (Lipinski definition) is 4. The molecule has 0 amide bonds. The Morgan fingerprint density at radius 3 is 2.47 bits per heavy atom. The van der Waals surface area contributed by atoms with Crippen molar-refractivity contribution in [3.05, 3.63) is 48.7 Å². The number of benzene rings is 1. The predicted molar refractivity (Wildman–Crippen MR) is 72.1 cm³/mol. The minimum absolute atomic E-state index is 0.532. The average molecular weight is 247 g/mol. The number of hydrogen-bond donors (Lipinski definition) is 3. The fourth-order valence-electron chi connectivity index (χ4n) is 1.32. The molecule has 0 spiro atoms.